The maximum atomic E-state index is 11.1. The third kappa shape index (κ3) is 8.67. The number of likely N-dealkylation sites (tertiary alicyclic amines) is 1. The Balaban J connectivity index is 0.000000921. The van der Waals surface area contributed by atoms with E-state index in [0.29, 0.717) is 11.7 Å². The number of rotatable bonds is 4. The normalized spacial score (nSPS) is 15.3. The lowest BCUT2D eigenvalue weighted by Gasteiger charge is -2.31. The van der Waals surface area contributed by atoms with Gasteiger partial charge in [-0.05, 0) is 44.3 Å². The van der Waals surface area contributed by atoms with Gasteiger partial charge in [-0.1, -0.05) is 58.0 Å². The number of carbonyl (C=O) groups excluding carboxylic acids is 1. The Morgan fingerprint density at radius 2 is 1.57 bits per heavy atom. The van der Waals surface area contributed by atoms with Crippen LogP contribution < -0.4 is 0 Å². The minimum atomic E-state index is 0.339. The van der Waals surface area contributed by atoms with Crippen molar-refractivity contribution in [2.24, 2.45) is 5.92 Å². The molecule has 0 aromatic heterocycles. The maximum absolute atomic E-state index is 11.1. The predicted octanol–water partition coefficient (Wildman–Crippen LogP) is 4.93. The quantitative estimate of drug-likeness (QED) is 0.784. The van der Waals surface area contributed by atoms with Crippen LogP contribution in [0.25, 0.3) is 0 Å². The Morgan fingerprint density at radius 3 is 2.05 bits per heavy atom. The highest BCUT2D eigenvalue weighted by atomic mass is 16.1. The molecule has 0 amide bonds. The Bertz CT molecular complexity index is 353. The van der Waals surface area contributed by atoms with Crippen LogP contribution in [0.3, 0.4) is 0 Å². The van der Waals surface area contributed by atoms with Crippen molar-refractivity contribution in [3.8, 4) is 0 Å². The Hall–Kier alpha value is -1.15. The summed E-state index contributed by atoms with van der Waals surface area (Å²) >= 11 is 0. The van der Waals surface area contributed by atoms with E-state index in [1.165, 1.54) is 18.4 Å². The van der Waals surface area contributed by atoms with Gasteiger partial charge in [0.2, 0.25) is 0 Å². The first kappa shape index (κ1) is 19.9. The first-order chi connectivity index (χ1) is 10.2. The van der Waals surface area contributed by atoms with E-state index in [2.05, 4.69) is 35.2 Å². The second kappa shape index (κ2) is 12.6. The topological polar surface area (TPSA) is 20.3 Å². The highest BCUT2D eigenvalue weighted by molar-refractivity contribution is 5.75. The van der Waals surface area contributed by atoms with Gasteiger partial charge >= 0.3 is 0 Å². The molecule has 1 aromatic rings. The standard InChI is InChI=1S/C15H21NO.2C2H6/c1-13(17)11-14-7-9-16(10-8-14)12-15-5-3-2-4-6-15;2*1-2/h2-6,14H,7-12H2,1H3;2*1-2H3. The molecule has 0 N–H and O–H groups in total. The molecule has 21 heavy (non-hydrogen) atoms. The van der Waals surface area contributed by atoms with Gasteiger partial charge in [-0.2, -0.15) is 0 Å². The number of ketones is 1. The highest BCUT2D eigenvalue weighted by Crippen LogP contribution is 2.21. The molecular weight excluding hydrogens is 258 g/mol. The fourth-order valence-electron chi connectivity index (χ4n) is 2.60. The molecule has 0 unspecified atom stereocenters. The SMILES string of the molecule is CC.CC.CC(=O)CC1CCN(Cc2ccccc2)CC1. The van der Waals surface area contributed by atoms with E-state index in [1.54, 1.807) is 6.92 Å². The van der Waals surface area contributed by atoms with Gasteiger partial charge in [-0.25, -0.2) is 0 Å². The number of nitrogens with zero attached hydrogens (tertiary/aromatic N) is 1. The van der Waals surface area contributed by atoms with Crippen molar-refractivity contribution in [2.45, 2.75) is 60.4 Å². The molecule has 2 rings (SSSR count). The van der Waals surface area contributed by atoms with Crippen molar-refractivity contribution in [2.75, 3.05) is 13.1 Å². The molecule has 0 aliphatic carbocycles. The highest BCUT2D eigenvalue weighted by Gasteiger charge is 2.19. The zero-order valence-corrected chi connectivity index (χ0v) is 14.6. The maximum Gasteiger partial charge on any atom is 0.130 e. The molecule has 1 fully saturated rings. The van der Waals surface area contributed by atoms with Gasteiger partial charge in [-0.3, -0.25) is 4.90 Å². The molecule has 1 aliphatic heterocycles. The van der Waals surface area contributed by atoms with Crippen LogP contribution in [0.4, 0.5) is 0 Å². The van der Waals surface area contributed by atoms with Crippen LogP contribution in [-0.2, 0) is 11.3 Å². The van der Waals surface area contributed by atoms with Crippen molar-refractivity contribution in [3.63, 3.8) is 0 Å². The summed E-state index contributed by atoms with van der Waals surface area (Å²) in [5.74, 6) is 0.964. The average Bonchev–Trinajstić information content (AvgIpc) is 2.54. The number of hydrogen-bond acceptors (Lipinski definition) is 2. The van der Waals surface area contributed by atoms with Gasteiger partial charge < -0.3 is 4.79 Å². The van der Waals surface area contributed by atoms with Crippen LogP contribution in [0, 0.1) is 5.92 Å². The summed E-state index contributed by atoms with van der Waals surface area (Å²) in [4.78, 5) is 13.6. The Labute approximate surface area is 131 Å². The summed E-state index contributed by atoms with van der Waals surface area (Å²) in [6.45, 7) is 13.0. The van der Waals surface area contributed by atoms with Gasteiger partial charge in [0, 0.05) is 13.0 Å². The van der Waals surface area contributed by atoms with Crippen molar-refractivity contribution in [3.05, 3.63) is 35.9 Å². The number of hydrogen-bond donors (Lipinski definition) is 0. The van der Waals surface area contributed by atoms with E-state index in [-0.39, 0.29) is 0 Å². The molecule has 0 spiro atoms. The van der Waals surface area contributed by atoms with E-state index < -0.39 is 0 Å². The van der Waals surface area contributed by atoms with Crippen LogP contribution >= 0.6 is 0 Å². The summed E-state index contributed by atoms with van der Waals surface area (Å²) in [5.41, 5.74) is 1.39. The van der Waals surface area contributed by atoms with E-state index in [9.17, 15) is 4.79 Å². The molecule has 0 saturated carbocycles. The molecule has 0 radical (unpaired) electrons. The Morgan fingerprint density at radius 1 is 1.05 bits per heavy atom. The Kier molecular flexibility index (Phi) is 11.9. The van der Waals surface area contributed by atoms with Gasteiger partial charge in [0.25, 0.3) is 0 Å². The number of piperidine rings is 1. The van der Waals surface area contributed by atoms with Crippen LogP contribution in [0.15, 0.2) is 30.3 Å². The van der Waals surface area contributed by atoms with E-state index in [1.807, 2.05) is 27.7 Å². The fourth-order valence-corrected chi connectivity index (χ4v) is 2.60. The lowest BCUT2D eigenvalue weighted by molar-refractivity contribution is -0.118. The van der Waals surface area contributed by atoms with Crippen LogP contribution in [0.1, 0.15) is 59.4 Å². The lowest BCUT2D eigenvalue weighted by Crippen LogP contribution is -2.33. The largest absolute Gasteiger partial charge is 0.300 e. The van der Waals surface area contributed by atoms with Crippen LogP contribution in [0.2, 0.25) is 0 Å². The summed E-state index contributed by atoms with van der Waals surface area (Å²) < 4.78 is 0. The van der Waals surface area contributed by atoms with Crippen molar-refractivity contribution in [1.82, 2.24) is 4.90 Å². The van der Waals surface area contributed by atoms with Gasteiger partial charge in [0.15, 0.2) is 0 Å². The van der Waals surface area contributed by atoms with Crippen LogP contribution in [0.5, 0.6) is 0 Å². The first-order valence-corrected chi connectivity index (χ1v) is 8.50. The number of carbonyl (C=O) groups is 1. The number of benzene rings is 1. The predicted molar refractivity (Wildman–Crippen MR) is 92.4 cm³/mol. The van der Waals surface area contributed by atoms with Gasteiger partial charge in [-0.15, -0.1) is 0 Å². The molecule has 2 heteroatoms. The molecule has 1 aliphatic rings. The number of Topliss-reactive ketones (excluding diaryl/α,β-unsaturated/α-hetero) is 1. The minimum absolute atomic E-state index is 0.339. The molecule has 2 nitrogen and oxygen atoms in total. The zero-order chi connectivity index (χ0) is 16.1. The monoisotopic (exact) mass is 291 g/mol. The molecule has 1 aromatic carbocycles. The van der Waals surface area contributed by atoms with E-state index in [4.69, 9.17) is 0 Å². The second-order valence-electron chi connectivity index (χ2n) is 5.11. The molecule has 0 atom stereocenters. The molecule has 0 bridgehead atoms. The van der Waals surface area contributed by atoms with Crippen molar-refractivity contribution < 1.29 is 4.79 Å². The fraction of sp³-hybridized carbons (Fsp3) is 0.632. The third-order valence-electron chi connectivity index (χ3n) is 3.53. The smallest absolute Gasteiger partial charge is 0.130 e. The van der Waals surface area contributed by atoms with Gasteiger partial charge in [0.1, 0.15) is 5.78 Å². The summed E-state index contributed by atoms with van der Waals surface area (Å²) in [5, 5.41) is 0. The summed E-state index contributed by atoms with van der Waals surface area (Å²) in [6.07, 6.45) is 3.12. The lowest BCUT2D eigenvalue weighted by atomic mass is 9.92. The average molecular weight is 291 g/mol. The summed E-state index contributed by atoms with van der Waals surface area (Å²) in [6, 6.07) is 10.6. The third-order valence-corrected chi connectivity index (χ3v) is 3.53. The molecule has 120 valence electrons. The van der Waals surface area contributed by atoms with Crippen molar-refractivity contribution >= 4 is 5.78 Å². The zero-order valence-electron chi connectivity index (χ0n) is 14.6. The molecule has 1 heterocycles. The van der Waals surface area contributed by atoms with E-state index >= 15 is 0 Å². The minimum Gasteiger partial charge on any atom is -0.300 e. The molecule has 1 saturated heterocycles. The van der Waals surface area contributed by atoms with Gasteiger partial charge in [0.05, 0.1) is 0 Å². The summed E-state index contributed by atoms with van der Waals surface area (Å²) in [7, 11) is 0. The van der Waals surface area contributed by atoms with E-state index in [0.717, 1.165) is 26.1 Å². The van der Waals surface area contributed by atoms with Crippen molar-refractivity contribution in [1.29, 1.82) is 0 Å². The second-order valence-corrected chi connectivity index (χ2v) is 5.11. The van der Waals surface area contributed by atoms with Crippen LogP contribution in [-0.4, -0.2) is 23.8 Å². The molecular formula is C19H33NO. The first-order valence-electron chi connectivity index (χ1n) is 8.50.